The van der Waals surface area contributed by atoms with Gasteiger partial charge in [0.1, 0.15) is 0 Å². The Bertz CT molecular complexity index is 236. The van der Waals surface area contributed by atoms with E-state index >= 15 is 0 Å². The third-order valence-electron chi connectivity index (χ3n) is 2.83. The minimum absolute atomic E-state index is 0.475. The lowest BCUT2D eigenvalue weighted by Crippen LogP contribution is -2.30. The van der Waals surface area contributed by atoms with E-state index in [2.05, 4.69) is 24.0 Å². The lowest BCUT2D eigenvalue weighted by atomic mass is 9.66. The number of pyridine rings is 1. The Morgan fingerprint density at radius 2 is 1.91 bits per heavy atom. The van der Waals surface area contributed by atoms with Crippen LogP contribution in [0.25, 0.3) is 0 Å². The van der Waals surface area contributed by atoms with Gasteiger partial charge in [-0.15, -0.1) is 0 Å². The van der Waals surface area contributed by atoms with E-state index in [1.165, 1.54) is 24.8 Å². The molecule has 1 aromatic heterocycles. The molecule has 1 aliphatic rings. The molecule has 0 aliphatic heterocycles. The topological polar surface area (TPSA) is 12.9 Å². The lowest BCUT2D eigenvalue weighted by Gasteiger charge is -2.38. The molecule has 0 saturated heterocycles. The molecule has 0 amide bonds. The molecular formula is C10H13N. The molecular weight excluding hydrogens is 134 g/mol. The molecule has 1 aliphatic carbocycles. The van der Waals surface area contributed by atoms with Gasteiger partial charge in [-0.3, -0.25) is 4.98 Å². The third kappa shape index (κ3) is 1.05. The van der Waals surface area contributed by atoms with Crippen LogP contribution in [0.3, 0.4) is 0 Å². The summed E-state index contributed by atoms with van der Waals surface area (Å²) in [6.45, 7) is 2.34. The van der Waals surface area contributed by atoms with Gasteiger partial charge >= 0.3 is 0 Å². The van der Waals surface area contributed by atoms with Crippen molar-refractivity contribution in [2.45, 2.75) is 31.6 Å². The van der Waals surface area contributed by atoms with E-state index in [1.807, 2.05) is 12.4 Å². The first-order valence-electron chi connectivity index (χ1n) is 4.22. The Morgan fingerprint density at radius 1 is 1.27 bits per heavy atom. The first-order valence-corrected chi connectivity index (χ1v) is 4.22. The van der Waals surface area contributed by atoms with Crippen LogP contribution in [0.1, 0.15) is 31.7 Å². The summed E-state index contributed by atoms with van der Waals surface area (Å²) in [5, 5.41) is 0. The zero-order chi connectivity index (χ0) is 7.73. The van der Waals surface area contributed by atoms with Gasteiger partial charge in [-0.25, -0.2) is 0 Å². The Balaban J connectivity index is 2.29. The van der Waals surface area contributed by atoms with Crippen LogP contribution in [0.2, 0.25) is 0 Å². The summed E-state index contributed by atoms with van der Waals surface area (Å²) in [5.41, 5.74) is 1.93. The lowest BCUT2D eigenvalue weighted by molar-refractivity contribution is 0.272. The second kappa shape index (κ2) is 2.33. The normalized spacial score (nSPS) is 20.8. The van der Waals surface area contributed by atoms with Gasteiger partial charge in [0, 0.05) is 12.4 Å². The first-order chi connectivity index (χ1) is 5.31. The van der Waals surface area contributed by atoms with Crippen LogP contribution in [0.4, 0.5) is 0 Å². The molecule has 1 nitrogen and oxygen atoms in total. The fourth-order valence-electron chi connectivity index (χ4n) is 1.75. The van der Waals surface area contributed by atoms with Crippen LogP contribution in [-0.4, -0.2) is 4.98 Å². The van der Waals surface area contributed by atoms with Crippen LogP contribution >= 0.6 is 0 Å². The zero-order valence-corrected chi connectivity index (χ0v) is 6.88. The summed E-state index contributed by atoms with van der Waals surface area (Å²) in [7, 11) is 0. The van der Waals surface area contributed by atoms with E-state index in [9.17, 15) is 0 Å². The molecule has 0 atom stereocenters. The number of rotatable bonds is 1. The van der Waals surface area contributed by atoms with Crippen molar-refractivity contribution in [1.29, 1.82) is 0 Å². The highest BCUT2D eigenvalue weighted by Gasteiger charge is 2.32. The fraction of sp³-hybridized carbons (Fsp3) is 0.500. The molecule has 0 radical (unpaired) electrons. The molecule has 0 aromatic carbocycles. The van der Waals surface area contributed by atoms with Gasteiger partial charge in [-0.2, -0.15) is 0 Å². The summed E-state index contributed by atoms with van der Waals surface area (Å²) in [4.78, 5) is 4.02. The van der Waals surface area contributed by atoms with Crippen molar-refractivity contribution in [1.82, 2.24) is 4.98 Å². The van der Waals surface area contributed by atoms with Crippen LogP contribution in [0.15, 0.2) is 24.5 Å². The standard InChI is InChI=1S/C10H13N/c1-10(5-2-6-10)9-3-7-11-8-4-9/h3-4,7-8H,2,5-6H2,1H3. The molecule has 1 heterocycles. The Kier molecular flexibility index (Phi) is 1.45. The molecule has 1 aromatic rings. The van der Waals surface area contributed by atoms with Crippen molar-refractivity contribution < 1.29 is 0 Å². The van der Waals surface area contributed by atoms with Gasteiger partial charge in [0.05, 0.1) is 0 Å². The smallest absolute Gasteiger partial charge is 0.0270 e. The molecule has 2 rings (SSSR count). The van der Waals surface area contributed by atoms with Gasteiger partial charge in [0.2, 0.25) is 0 Å². The Hall–Kier alpha value is -0.850. The SMILES string of the molecule is CC1(c2ccncc2)CCC1. The fourth-order valence-corrected chi connectivity index (χ4v) is 1.75. The summed E-state index contributed by atoms with van der Waals surface area (Å²) >= 11 is 0. The van der Waals surface area contributed by atoms with Gasteiger partial charge in [0.25, 0.3) is 0 Å². The van der Waals surface area contributed by atoms with Crippen molar-refractivity contribution in [3.05, 3.63) is 30.1 Å². The zero-order valence-electron chi connectivity index (χ0n) is 6.88. The highest BCUT2D eigenvalue weighted by molar-refractivity contribution is 5.24. The molecule has 0 N–H and O–H groups in total. The number of nitrogens with zero attached hydrogens (tertiary/aromatic N) is 1. The highest BCUT2D eigenvalue weighted by Crippen LogP contribution is 2.42. The summed E-state index contributed by atoms with van der Waals surface area (Å²) < 4.78 is 0. The van der Waals surface area contributed by atoms with E-state index in [0.717, 1.165) is 0 Å². The first kappa shape index (κ1) is 6.84. The van der Waals surface area contributed by atoms with Crippen LogP contribution in [-0.2, 0) is 5.41 Å². The van der Waals surface area contributed by atoms with Crippen molar-refractivity contribution in [2.75, 3.05) is 0 Å². The maximum atomic E-state index is 4.02. The molecule has 0 spiro atoms. The minimum atomic E-state index is 0.475. The molecule has 11 heavy (non-hydrogen) atoms. The molecule has 0 unspecified atom stereocenters. The van der Waals surface area contributed by atoms with Crippen LogP contribution < -0.4 is 0 Å². The number of aromatic nitrogens is 1. The second-order valence-corrected chi connectivity index (χ2v) is 3.65. The maximum absolute atomic E-state index is 4.02. The predicted octanol–water partition coefficient (Wildman–Crippen LogP) is 2.52. The number of hydrogen-bond acceptors (Lipinski definition) is 1. The van der Waals surface area contributed by atoms with Gasteiger partial charge in [0.15, 0.2) is 0 Å². The van der Waals surface area contributed by atoms with E-state index in [-0.39, 0.29) is 0 Å². The van der Waals surface area contributed by atoms with Gasteiger partial charge in [-0.1, -0.05) is 13.3 Å². The van der Waals surface area contributed by atoms with Crippen LogP contribution in [0.5, 0.6) is 0 Å². The predicted molar refractivity (Wildman–Crippen MR) is 45.4 cm³/mol. The minimum Gasteiger partial charge on any atom is -0.265 e. The number of hydrogen-bond donors (Lipinski definition) is 0. The largest absolute Gasteiger partial charge is 0.265 e. The van der Waals surface area contributed by atoms with Gasteiger partial charge < -0.3 is 0 Å². The van der Waals surface area contributed by atoms with Crippen molar-refractivity contribution in [2.24, 2.45) is 0 Å². The van der Waals surface area contributed by atoms with E-state index in [4.69, 9.17) is 0 Å². The van der Waals surface area contributed by atoms with Crippen molar-refractivity contribution in [3.8, 4) is 0 Å². The Morgan fingerprint density at radius 3 is 2.36 bits per heavy atom. The van der Waals surface area contributed by atoms with E-state index < -0.39 is 0 Å². The molecule has 1 saturated carbocycles. The summed E-state index contributed by atoms with van der Waals surface area (Å²) in [6.07, 6.45) is 7.85. The van der Waals surface area contributed by atoms with Gasteiger partial charge in [-0.05, 0) is 36.0 Å². The molecule has 58 valence electrons. The molecule has 0 bridgehead atoms. The van der Waals surface area contributed by atoms with E-state index in [1.54, 1.807) is 0 Å². The summed E-state index contributed by atoms with van der Waals surface area (Å²) in [6, 6.07) is 4.28. The maximum Gasteiger partial charge on any atom is 0.0270 e. The average molecular weight is 147 g/mol. The molecule has 1 fully saturated rings. The quantitative estimate of drug-likeness (QED) is 0.594. The second-order valence-electron chi connectivity index (χ2n) is 3.65. The average Bonchev–Trinajstić information content (AvgIpc) is 2.02. The van der Waals surface area contributed by atoms with Crippen LogP contribution in [0, 0.1) is 0 Å². The van der Waals surface area contributed by atoms with Crippen molar-refractivity contribution >= 4 is 0 Å². The van der Waals surface area contributed by atoms with Crippen molar-refractivity contribution in [3.63, 3.8) is 0 Å². The summed E-state index contributed by atoms with van der Waals surface area (Å²) in [5.74, 6) is 0. The highest BCUT2D eigenvalue weighted by atomic mass is 14.6. The monoisotopic (exact) mass is 147 g/mol. The Labute approximate surface area is 67.5 Å². The van der Waals surface area contributed by atoms with E-state index in [0.29, 0.717) is 5.41 Å². The molecule has 1 heteroatoms. The third-order valence-corrected chi connectivity index (χ3v) is 2.83.